The highest BCUT2D eigenvalue weighted by molar-refractivity contribution is 6.42. The Morgan fingerprint density at radius 3 is 2.50 bits per heavy atom. The molecule has 1 rings (SSSR count). The maximum Gasteiger partial charge on any atom is 0.143 e. The molecule has 0 saturated carbocycles. The van der Waals surface area contributed by atoms with Crippen molar-refractivity contribution < 1.29 is 4.74 Å². The van der Waals surface area contributed by atoms with E-state index in [1.54, 1.807) is 12.1 Å². The summed E-state index contributed by atoms with van der Waals surface area (Å²) < 4.78 is 5.20. The van der Waals surface area contributed by atoms with Gasteiger partial charge in [-0.05, 0) is 13.0 Å². The molecule has 0 atom stereocenters. The Bertz CT molecular complexity index is 289. The molecule has 0 aliphatic heterocycles. The standard InChI is InChI=1S/C8H9Cl2NO/c1-2-12-8-4-6(10)5(9)3-7(8)11/h3-4H,2,11H2,1H3. The third-order valence-electron chi connectivity index (χ3n) is 1.35. The van der Waals surface area contributed by atoms with E-state index < -0.39 is 0 Å². The van der Waals surface area contributed by atoms with Crippen molar-refractivity contribution in [1.29, 1.82) is 0 Å². The molecule has 12 heavy (non-hydrogen) atoms. The zero-order valence-electron chi connectivity index (χ0n) is 6.60. The van der Waals surface area contributed by atoms with Gasteiger partial charge in [0, 0.05) is 6.07 Å². The van der Waals surface area contributed by atoms with E-state index in [0.717, 1.165) is 0 Å². The van der Waals surface area contributed by atoms with Gasteiger partial charge in [-0.2, -0.15) is 0 Å². The van der Waals surface area contributed by atoms with E-state index in [4.69, 9.17) is 33.7 Å². The van der Waals surface area contributed by atoms with Crippen molar-refractivity contribution in [3.05, 3.63) is 22.2 Å². The molecule has 0 unspecified atom stereocenters. The Kier molecular flexibility index (Phi) is 3.06. The summed E-state index contributed by atoms with van der Waals surface area (Å²) in [5.41, 5.74) is 6.11. The fraction of sp³-hybridized carbons (Fsp3) is 0.250. The second-order valence-electron chi connectivity index (χ2n) is 2.24. The number of rotatable bonds is 2. The minimum Gasteiger partial charge on any atom is -0.492 e. The van der Waals surface area contributed by atoms with Crippen LogP contribution in [0.15, 0.2) is 12.1 Å². The summed E-state index contributed by atoms with van der Waals surface area (Å²) >= 11 is 11.5. The monoisotopic (exact) mass is 205 g/mol. The molecule has 66 valence electrons. The summed E-state index contributed by atoms with van der Waals surface area (Å²) in [4.78, 5) is 0. The summed E-state index contributed by atoms with van der Waals surface area (Å²) in [6.45, 7) is 2.43. The highest BCUT2D eigenvalue weighted by atomic mass is 35.5. The topological polar surface area (TPSA) is 35.2 Å². The Balaban J connectivity index is 3.05. The third kappa shape index (κ3) is 1.96. The molecule has 4 heteroatoms. The van der Waals surface area contributed by atoms with Gasteiger partial charge in [0.15, 0.2) is 0 Å². The first-order chi connectivity index (χ1) is 5.65. The summed E-state index contributed by atoms with van der Waals surface area (Å²) in [6.07, 6.45) is 0. The maximum absolute atomic E-state index is 5.75. The summed E-state index contributed by atoms with van der Waals surface area (Å²) in [5.74, 6) is 0.576. The molecule has 0 amide bonds. The highest BCUT2D eigenvalue weighted by Gasteiger charge is 2.04. The molecule has 0 heterocycles. The van der Waals surface area contributed by atoms with Crippen molar-refractivity contribution in [3.63, 3.8) is 0 Å². The molecule has 0 radical (unpaired) electrons. The van der Waals surface area contributed by atoms with Crippen LogP contribution in [0.3, 0.4) is 0 Å². The van der Waals surface area contributed by atoms with Crippen LogP contribution in [0.4, 0.5) is 5.69 Å². The van der Waals surface area contributed by atoms with Crippen LogP contribution >= 0.6 is 23.2 Å². The molecule has 2 nitrogen and oxygen atoms in total. The van der Waals surface area contributed by atoms with Gasteiger partial charge >= 0.3 is 0 Å². The quantitative estimate of drug-likeness (QED) is 0.755. The van der Waals surface area contributed by atoms with E-state index in [1.165, 1.54) is 0 Å². The zero-order valence-corrected chi connectivity index (χ0v) is 8.12. The highest BCUT2D eigenvalue weighted by Crippen LogP contribution is 2.32. The van der Waals surface area contributed by atoms with E-state index in [1.807, 2.05) is 6.92 Å². The fourth-order valence-corrected chi connectivity index (χ4v) is 1.15. The minimum absolute atomic E-state index is 0.442. The average Bonchev–Trinajstić information content (AvgIpc) is 2.01. The van der Waals surface area contributed by atoms with Crippen molar-refractivity contribution in [2.24, 2.45) is 0 Å². The van der Waals surface area contributed by atoms with Gasteiger partial charge < -0.3 is 10.5 Å². The number of nitrogen functional groups attached to an aromatic ring is 1. The fourth-order valence-electron chi connectivity index (χ4n) is 0.824. The summed E-state index contributed by atoms with van der Waals surface area (Å²) in [5, 5.41) is 0.895. The largest absolute Gasteiger partial charge is 0.492 e. The van der Waals surface area contributed by atoms with E-state index in [0.29, 0.717) is 28.1 Å². The van der Waals surface area contributed by atoms with Crippen molar-refractivity contribution in [3.8, 4) is 5.75 Å². The van der Waals surface area contributed by atoms with E-state index in [9.17, 15) is 0 Å². The predicted molar refractivity (Wildman–Crippen MR) is 52.0 cm³/mol. The normalized spacial score (nSPS) is 9.92. The number of benzene rings is 1. The lowest BCUT2D eigenvalue weighted by molar-refractivity contribution is 0.342. The minimum atomic E-state index is 0.442. The molecule has 2 N–H and O–H groups in total. The van der Waals surface area contributed by atoms with Crippen molar-refractivity contribution in [2.75, 3.05) is 12.3 Å². The van der Waals surface area contributed by atoms with Gasteiger partial charge in [0.1, 0.15) is 5.75 Å². The van der Waals surface area contributed by atoms with Crippen LogP contribution in [0, 0.1) is 0 Å². The van der Waals surface area contributed by atoms with Crippen LogP contribution in [-0.2, 0) is 0 Å². The molecular formula is C8H9Cl2NO. The van der Waals surface area contributed by atoms with Crippen LogP contribution in [0.2, 0.25) is 10.0 Å². The van der Waals surface area contributed by atoms with E-state index >= 15 is 0 Å². The number of halogens is 2. The molecule has 0 spiro atoms. The Morgan fingerprint density at radius 1 is 1.33 bits per heavy atom. The maximum atomic E-state index is 5.75. The van der Waals surface area contributed by atoms with Gasteiger partial charge in [-0.1, -0.05) is 23.2 Å². The van der Waals surface area contributed by atoms with Gasteiger partial charge in [-0.3, -0.25) is 0 Å². The zero-order chi connectivity index (χ0) is 9.14. The Labute approximate surface area is 81.2 Å². The lowest BCUT2D eigenvalue weighted by atomic mass is 10.3. The molecule has 0 bridgehead atoms. The Morgan fingerprint density at radius 2 is 1.92 bits per heavy atom. The number of anilines is 1. The summed E-state index contributed by atoms with van der Waals surface area (Å²) in [6, 6.07) is 3.19. The van der Waals surface area contributed by atoms with E-state index in [2.05, 4.69) is 0 Å². The number of ether oxygens (including phenoxy) is 1. The van der Waals surface area contributed by atoms with Crippen molar-refractivity contribution in [1.82, 2.24) is 0 Å². The molecule has 0 fully saturated rings. The average molecular weight is 206 g/mol. The van der Waals surface area contributed by atoms with Gasteiger partial charge in [0.25, 0.3) is 0 Å². The second kappa shape index (κ2) is 3.87. The first-order valence-corrected chi connectivity index (χ1v) is 4.28. The van der Waals surface area contributed by atoms with E-state index in [-0.39, 0.29) is 0 Å². The predicted octanol–water partition coefficient (Wildman–Crippen LogP) is 2.97. The van der Waals surface area contributed by atoms with Crippen LogP contribution < -0.4 is 10.5 Å². The number of hydrogen-bond acceptors (Lipinski definition) is 2. The molecule has 0 aromatic heterocycles. The molecule has 0 saturated heterocycles. The number of hydrogen-bond donors (Lipinski definition) is 1. The van der Waals surface area contributed by atoms with Gasteiger partial charge in [-0.15, -0.1) is 0 Å². The van der Waals surface area contributed by atoms with Crippen LogP contribution in [0.5, 0.6) is 5.75 Å². The summed E-state index contributed by atoms with van der Waals surface area (Å²) in [7, 11) is 0. The van der Waals surface area contributed by atoms with Crippen LogP contribution in [0.25, 0.3) is 0 Å². The molecular weight excluding hydrogens is 197 g/mol. The Hall–Kier alpha value is -0.600. The SMILES string of the molecule is CCOc1cc(Cl)c(Cl)cc1N. The molecule has 1 aromatic carbocycles. The molecule has 0 aliphatic rings. The molecule has 0 aliphatic carbocycles. The number of nitrogens with two attached hydrogens (primary N) is 1. The van der Waals surface area contributed by atoms with Crippen molar-refractivity contribution >= 4 is 28.9 Å². The van der Waals surface area contributed by atoms with Crippen LogP contribution in [0.1, 0.15) is 6.92 Å². The molecule has 1 aromatic rings. The second-order valence-corrected chi connectivity index (χ2v) is 3.05. The van der Waals surface area contributed by atoms with Crippen LogP contribution in [-0.4, -0.2) is 6.61 Å². The lowest BCUT2D eigenvalue weighted by Gasteiger charge is -2.07. The van der Waals surface area contributed by atoms with Crippen molar-refractivity contribution in [2.45, 2.75) is 6.92 Å². The van der Waals surface area contributed by atoms with Gasteiger partial charge in [-0.25, -0.2) is 0 Å². The lowest BCUT2D eigenvalue weighted by Crippen LogP contribution is -1.96. The third-order valence-corrected chi connectivity index (χ3v) is 2.07. The van der Waals surface area contributed by atoms with Gasteiger partial charge in [0.2, 0.25) is 0 Å². The smallest absolute Gasteiger partial charge is 0.143 e. The van der Waals surface area contributed by atoms with Gasteiger partial charge in [0.05, 0.1) is 22.3 Å². The first-order valence-electron chi connectivity index (χ1n) is 3.52. The first kappa shape index (κ1) is 9.49.